The van der Waals surface area contributed by atoms with Gasteiger partial charge in [0.15, 0.2) is 0 Å². The number of benzene rings is 2. The number of halogens is 2. The van der Waals surface area contributed by atoms with Crippen LogP contribution in [0.1, 0.15) is 25.3 Å². The fourth-order valence-corrected chi connectivity index (χ4v) is 5.07. The molecule has 1 fully saturated rings. The number of hydrogen-bond donors (Lipinski definition) is 2. The van der Waals surface area contributed by atoms with Crippen molar-refractivity contribution in [3.8, 4) is 11.1 Å². The van der Waals surface area contributed by atoms with E-state index in [1.165, 1.54) is 12.1 Å². The lowest BCUT2D eigenvalue weighted by molar-refractivity contribution is -0.133. The predicted molar refractivity (Wildman–Crippen MR) is 148 cm³/mol. The minimum absolute atomic E-state index is 0.121. The quantitative estimate of drug-likeness (QED) is 0.340. The lowest BCUT2D eigenvalue weighted by Crippen LogP contribution is -2.51. The first-order valence-corrected chi connectivity index (χ1v) is 13.0. The monoisotopic (exact) mass is 519 g/mol. The van der Waals surface area contributed by atoms with E-state index in [1.54, 1.807) is 12.1 Å². The number of carbonyl (C=O) groups excluding carboxylic acids is 1. The van der Waals surface area contributed by atoms with Crippen LogP contribution >= 0.6 is 11.6 Å². The largest absolute Gasteiger partial charge is 0.367 e. The van der Waals surface area contributed by atoms with E-state index in [2.05, 4.69) is 34.0 Å². The number of fused-ring (bicyclic) bond motifs is 1. The number of aromatic amines is 1. The molecule has 0 bridgehead atoms. The van der Waals surface area contributed by atoms with E-state index in [4.69, 9.17) is 11.6 Å². The third-order valence-corrected chi connectivity index (χ3v) is 7.17. The molecule has 1 aliphatic rings. The molecular formula is C29H31ClFN5O. The van der Waals surface area contributed by atoms with Gasteiger partial charge in [-0.2, -0.15) is 0 Å². The van der Waals surface area contributed by atoms with Crippen LogP contribution in [0.15, 0.2) is 67.0 Å². The third-order valence-electron chi connectivity index (χ3n) is 6.92. The maximum atomic E-state index is 13.7. The van der Waals surface area contributed by atoms with E-state index in [0.717, 1.165) is 33.4 Å². The first-order valence-electron chi connectivity index (χ1n) is 12.7. The maximum Gasteiger partial charge on any atom is 0.231 e. The Morgan fingerprint density at radius 3 is 2.43 bits per heavy atom. The molecule has 3 heterocycles. The van der Waals surface area contributed by atoms with Gasteiger partial charge in [0.1, 0.15) is 11.5 Å². The number of hydrogen-bond acceptors (Lipinski definition) is 4. The Balaban J connectivity index is 1.38. The molecule has 6 nitrogen and oxygen atoms in total. The molecule has 0 aliphatic carbocycles. The van der Waals surface area contributed by atoms with Gasteiger partial charge in [-0.15, -0.1) is 0 Å². The smallest absolute Gasteiger partial charge is 0.231 e. The molecule has 1 atom stereocenters. The Bertz CT molecular complexity index is 1360. The molecule has 37 heavy (non-hydrogen) atoms. The van der Waals surface area contributed by atoms with Crippen molar-refractivity contribution in [2.45, 2.75) is 25.8 Å². The molecule has 2 N–H and O–H groups in total. The molecule has 5 rings (SSSR count). The highest BCUT2D eigenvalue weighted by molar-refractivity contribution is 6.30. The number of carbonyl (C=O) groups is 1. The van der Waals surface area contributed by atoms with Crippen molar-refractivity contribution >= 4 is 34.2 Å². The van der Waals surface area contributed by atoms with Crippen molar-refractivity contribution in [3.05, 3.63) is 83.4 Å². The molecule has 0 spiro atoms. The number of aromatic nitrogens is 2. The Morgan fingerprint density at radius 1 is 1.05 bits per heavy atom. The van der Waals surface area contributed by atoms with Gasteiger partial charge in [-0.3, -0.25) is 4.79 Å². The summed E-state index contributed by atoms with van der Waals surface area (Å²) in [6.45, 7) is 7.34. The zero-order valence-electron chi connectivity index (χ0n) is 21.0. The Hall–Kier alpha value is -3.42. The fourth-order valence-electron chi connectivity index (χ4n) is 4.94. The van der Waals surface area contributed by atoms with Crippen LogP contribution < -0.4 is 10.2 Å². The van der Waals surface area contributed by atoms with E-state index in [0.29, 0.717) is 37.7 Å². The summed E-state index contributed by atoms with van der Waals surface area (Å²) in [6, 6.07) is 16.4. The van der Waals surface area contributed by atoms with Gasteiger partial charge < -0.3 is 20.1 Å². The van der Waals surface area contributed by atoms with Crippen LogP contribution in [0.2, 0.25) is 5.02 Å². The minimum atomic E-state index is -0.279. The summed E-state index contributed by atoms with van der Waals surface area (Å²) < 4.78 is 13.6. The van der Waals surface area contributed by atoms with Crippen molar-refractivity contribution in [1.29, 1.82) is 0 Å². The van der Waals surface area contributed by atoms with Crippen LogP contribution in [-0.2, 0) is 4.79 Å². The van der Waals surface area contributed by atoms with E-state index in [1.807, 2.05) is 47.6 Å². The molecule has 0 radical (unpaired) electrons. The number of nitrogens with one attached hydrogen (secondary N) is 2. The van der Waals surface area contributed by atoms with Crippen LogP contribution in [-0.4, -0.2) is 59.5 Å². The van der Waals surface area contributed by atoms with Gasteiger partial charge in [-0.25, -0.2) is 9.37 Å². The lowest BCUT2D eigenvalue weighted by atomic mass is 9.96. The first-order chi connectivity index (χ1) is 17.9. The molecule has 1 saturated heterocycles. The van der Waals surface area contributed by atoms with Crippen molar-refractivity contribution in [2.24, 2.45) is 0 Å². The van der Waals surface area contributed by atoms with Crippen LogP contribution in [0.25, 0.3) is 22.2 Å². The van der Waals surface area contributed by atoms with Gasteiger partial charge in [0.2, 0.25) is 5.91 Å². The van der Waals surface area contributed by atoms with Gasteiger partial charge in [0.25, 0.3) is 0 Å². The number of nitrogens with zero attached hydrogens (tertiary/aromatic N) is 3. The zero-order chi connectivity index (χ0) is 25.9. The van der Waals surface area contributed by atoms with E-state index in [-0.39, 0.29) is 23.7 Å². The molecule has 1 aliphatic heterocycles. The van der Waals surface area contributed by atoms with Crippen LogP contribution in [0, 0.1) is 5.82 Å². The summed E-state index contributed by atoms with van der Waals surface area (Å²) in [5.41, 5.74) is 4.69. The van der Waals surface area contributed by atoms with Gasteiger partial charge in [0.05, 0.1) is 11.6 Å². The van der Waals surface area contributed by atoms with Crippen molar-refractivity contribution in [3.63, 3.8) is 0 Å². The van der Waals surface area contributed by atoms with Gasteiger partial charge >= 0.3 is 0 Å². The average molecular weight is 520 g/mol. The highest BCUT2D eigenvalue weighted by atomic mass is 35.5. The number of H-pyrrole nitrogens is 1. The van der Waals surface area contributed by atoms with E-state index in [9.17, 15) is 9.18 Å². The molecule has 192 valence electrons. The molecule has 8 heteroatoms. The average Bonchev–Trinajstić information content (AvgIpc) is 3.39. The molecule has 4 aromatic rings. The summed E-state index contributed by atoms with van der Waals surface area (Å²) in [4.78, 5) is 25.8. The molecule has 0 saturated carbocycles. The second kappa shape index (κ2) is 10.9. The maximum absolute atomic E-state index is 13.7. The number of piperazine rings is 1. The van der Waals surface area contributed by atoms with Gasteiger partial charge in [0, 0.05) is 67.1 Å². The van der Waals surface area contributed by atoms with Crippen LogP contribution in [0.4, 0.5) is 10.1 Å². The minimum Gasteiger partial charge on any atom is -0.367 e. The molecule has 2 aromatic carbocycles. The van der Waals surface area contributed by atoms with E-state index >= 15 is 0 Å². The highest BCUT2D eigenvalue weighted by Gasteiger charge is 2.30. The summed E-state index contributed by atoms with van der Waals surface area (Å²) in [6.07, 6.45) is 3.72. The predicted octanol–water partition coefficient (Wildman–Crippen LogP) is 5.45. The number of rotatable bonds is 7. The molecular weight excluding hydrogens is 489 g/mol. The zero-order valence-corrected chi connectivity index (χ0v) is 21.8. The van der Waals surface area contributed by atoms with Gasteiger partial charge in [-0.05, 0) is 41.5 Å². The second-order valence-corrected chi connectivity index (χ2v) is 10.2. The summed E-state index contributed by atoms with van der Waals surface area (Å²) in [7, 11) is 0. The number of amides is 1. The first kappa shape index (κ1) is 25.2. The number of pyridine rings is 1. The molecule has 2 aromatic heterocycles. The van der Waals surface area contributed by atoms with Gasteiger partial charge in [-0.1, -0.05) is 49.7 Å². The third kappa shape index (κ3) is 5.48. The Labute approximate surface area is 221 Å². The molecule has 0 unspecified atom stereocenters. The van der Waals surface area contributed by atoms with Crippen LogP contribution in [0.5, 0.6) is 0 Å². The topological polar surface area (TPSA) is 64.3 Å². The summed E-state index contributed by atoms with van der Waals surface area (Å²) >= 11 is 6.10. The van der Waals surface area contributed by atoms with Crippen LogP contribution in [0.3, 0.4) is 0 Å². The van der Waals surface area contributed by atoms with Crippen molar-refractivity contribution in [1.82, 2.24) is 20.2 Å². The Kier molecular flexibility index (Phi) is 7.44. The fraction of sp³-hybridized carbons (Fsp3) is 0.310. The van der Waals surface area contributed by atoms with Crippen molar-refractivity contribution in [2.75, 3.05) is 37.6 Å². The lowest BCUT2D eigenvalue weighted by Gasteiger charge is -2.38. The Morgan fingerprint density at radius 2 is 1.76 bits per heavy atom. The SMILES string of the molecule is CC(C)NC[C@@H](C(=O)N1CCN(c2c(-c3ccc(F)cc3)cnc3[nH]ccc23)CC1)c1ccc(Cl)cc1. The number of anilines is 1. The summed E-state index contributed by atoms with van der Waals surface area (Å²) in [5.74, 6) is -0.427. The second-order valence-electron chi connectivity index (χ2n) is 9.75. The molecule has 1 amide bonds. The normalized spacial score (nSPS) is 14.9. The standard InChI is InChI=1S/C29H31ClFN5O/c1-19(2)33-18-26(21-3-7-22(30)8-4-21)29(37)36-15-13-35(14-16-36)27-24-11-12-32-28(24)34-17-25(27)20-5-9-23(31)10-6-20/h3-12,17,19,26,33H,13-16,18H2,1-2H3,(H,32,34)/t26-/m1/s1. The van der Waals surface area contributed by atoms with E-state index < -0.39 is 0 Å². The highest BCUT2D eigenvalue weighted by Crippen LogP contribution is 2.37. The summed E-state index contributed by atoms with van der Waals surface area (Å²) in [5, 5.41) is 5.11. The van der Waals surface area contributed by atoms with Crippen molar-refractivity contribution < 1.29 is 9.18 Å².